The highest BCUT2D eigenvalue weighted by molar-refractivity contribution is 5.82. The van der Waals surface area contributed by atoms with Crippen molar-refractivity contribution < 1.29 is 141 Å². The van der Waals surface area contributed by atoms with Gasteiger partial charge in [0.1, 0.15) is 80.6 Å². The van der Waals surface area contributed by atoms with Crippen LogP contribution in [0.2, 0.25) is 0 Å². The van der Waals surface area contributed by atoms with Gasteiger partial charge in [-0.2, -0.15) is 35.1 Å². The van der Waals surface area contributed by atoms with Gasteiger partial charge in [0.25, 0.3) is 39.8 Å². The quantitative estimate of drug-likeness (QED) is 0.0122. The van der Waals surface area contributed by atoms with E-state index in [-0.39, 0.29) is 97.1 Å². The number of halogens is 13. The zero-order chi connectivity index (χ0) is 92.5. The van der Waals surface area contributed by atoms with E-state index in [0.29, 0.717) is 39.9 Å². The number of ketones is 3. The lowest BCUT2D eigenvalue weighted by Gasteiger charge is -2.18. The van der Waals surface area contributed by atoms with Crippen LogP contribution in [0.1, 0.15) is 95.3 Å². The van der Waals surface area contributed by atoms with E-state index in [1.807, 2.05) is 0 Å². The molecule has 7 aromatic carbocycles. The molecule has 1 aliphatic rings. The molecule has 9 rings (SSSR count). The Bertz CT molecular complexity index is 4660. The molecule has 1 fully saturated rings. The number of alkyl halides is 13. The van der Waals surface area contributed by atoms with Crippen LogP contribution >= 0.6 is 0 Å². The molecule has 1 aromatic heterocycles. The van der Waals surface area contributed by atoms with Crippen molar-refractivity contribution >= 4 is 57.2 Å². The first-order valence-corrected chi connectivity index (χ1v) is 35.9. The van der Waals surface area contributed by atoms with Crippen LogP contribution in [-0.2, 0) is 57.6 Å². The van der Waals surface area contributed by atoms with Crippen LogP contribution in [0, 0.1) is 70.8 Å². The summed E-state index contributed by atoms with van der Waals surface area (Å²) in [6.45, 7) is -4.30. The van der Waals surface area contributed by atoms with Gasteiger partial charge >= 0.3 is 18.3 Å². The minimum atomic E-state index is -5.68. The van der Waals surface area contributed by atoms with E-state index in [9.17, 15) is 158 Å². The van der Waals surface area contributed by atoms with E-state index in [4.69, 9.17) is 20.1 Å². The lowest BCUT2D eigenvalue weighted by Crippen LogP contribution is -2.36. The molecule has 0 bridgehead atoms. The van der Waals surface area contributed by atoms with Crippen LogP contribution in [0.15, 0.2) is 176 Å². The number of carbonyl (C=O) groups is 3. The summed E-state index contributed by atoms with van der Waals surface area (Å²) in [5, 5.41) is 136. The summed E-state index contributed by atoms with van der Waals surface area (Å²) in [7, 11) is 0. The maximum Gasteiger partial charge on any atom is 0.453 e. The second kappa shape index (κ2) is 51.8. The summed E-state index contributed by atoms with van der Waals surface area (Å²) >= 11 is 0. The van der Waals surface area contributed by atoms with Crippen molar-refractivity contribution in [3.05, 3.63) is 291 Å². The number of hydrogen-bond donors (Lipinski definition) is 6. The van der Waals surface area contributed by atoms with E-state index in [2.05, 4.69) is 10.3 Å². The Hall–Kier alpha value is -12.7. The second-order valence-electron chi connectivity index (χ2n) is 26.2. The Labute approximate surface area is 686 Å². The number of carbonyl (C=O) groups excluding carboxylic acids is 3. The highest BCUT2D eigenvalue weighted by Crippen LogP contribution is 2.39. The minimum Gasteiger partial charge on any atom is -0.394 e. The van der Waals surface area contributed by atoms with Gasteiger partial charge in [0.15, 0.2) is 0 Å². The Kier molecular flexibility index (Phi) is 44.0. The smallest absolute Gasteiger partial charge is 0.394 e. The van der Waals surface area contributed by atoms with Crippen molar-refractivity contribution in [3.63, 3.8) is 0 Å². The maximum atomic E-state index is 12.6. The maximum absolute atomic E-state index is 12.6. The van der Waals surface area contributed by atoms with Gasteiger partial charge in [-0.1, -0.05) is 78.0 Å². The number of nitro groups is 7. The van der Waals surface area contributed by atoms with Gasteiger partial charge in [-0.05, 0) is 57.5 Å². The SMILES string of the molecule is O=C(CCC(F)(F)C(F)(F)F)Cc1ccc([N+](=O)[O-])cc1.O=C(CCC(F)(F)F)Cc1ccc([N+](=O)[O-])cc1.O=C(CCCF)Cc1ccc([N+](=O)[O-])cc1.O=[N+]([O-])c1ccc(C2OC(CF)C(O)C2O)cc1.O=[N+]([O-])c1ccc(CC(O)C(O)CF)cc1.O=[N+]([O-])c1ccc(CC(O)CF)cc1.O=[N+]([O-])c1ccc(Cc2cn(C(CO)CF)nn2)cc1. The monoisotopic (exact) mass is 1760 g/mol. The van der Waals surface area contributed by atoms with Crippen LogP contribution in [0.4, 0.5) is 96.9 Å². The largest absolute Gasteiger partial charge is 0.453 e. The molecule has 1 aliphatic heterocycles. The minimum absolute atomic E-state index is 0.0000397. The average Bonchev–Trinajstić information content (AvgIpc) is 1.67. The van der Waals surface area contributed by atoms with E-state index in [1.54, 1.807) is 30.5 Å². The fraction of sp³-hybridized carbons (Fsp3) is 0.382. The highest BCUT2D eigenvalue weighted by atomic mass is 19.4. The molecule has 1 saturated heterocycles. The van der Waals surface area contributed by atoms with E-state index >= 15 is 0 Å². The van der Waals surface area contributed by atoms with Gasteiger partial charge in [-0.15, -0.1) is 5.10 Å². The van der Waals surface area contributed by atoms with Crippen LogP contribution in [0.3, 0.4) is 0 Å². The summed E-state index contributed by atoms with van der Waals surface area (Å²) < 4.78 is 164. The van der Waals surface area contributed by atoms with Gasteiger partial charge in [-0.25, -0.2) is 22.2 Å². The van der Waals surface area contributed by atoms with Crippen molar-refractivity contribution in [2.24, 2.45) is 0 Å². The first-order valence-electron chi connectivity index (χ1n) is 35.9. The Morgan fingerprint density at radius 2 is 0.780 bits per heavy atom. The summed E-state index contributed by atoms with van der Waals surface area (Å²) in [4.78, 5) is 103. The Morgan fingerprint density at radius 1 is 0.439 bits per heavy atom. The lowest BCUT2D eigenvalue weighted by molar-refractivity contribution is -0.385. The first-order chi connectivity index (χ1) is 57.8. The molecule has 8 atom stereocenters. The molecule has 47 heteroatoms. The molecule has 8 unspecified atom stereocenters. The van der Waals surface area contributed by atoms with Crippen molar-refractivity contribution in [2.75, 3.05) is 40.0 Å². The average molecular weight is 1760 g/mol. The van der Waals surface area contributed by atoms with Crippen LogP contribution in [0.5, 0.6) is 0 Å². The number of nitrogens with zero attached hydrogens (tertiary/aromatic N) is 10. The molecule has 0 aliphatic carbocycles. The molecule has 6 N–H and O–H groups in total. The number of Topliss-reactive ketones (excluding diaryl/α,β-unsaturated/α-hetero) is 3. The summed E-state index contributed by atoms with van der Waals surface area (Å²) in [6.07, 6.45) is -20.0. The number of non-ortho nitro benzene ring substituents is 7. The molecule has 0 radical (unpaired) electrons. The number of aliphatic hydroxyl groups excluding tert-OH is 6. The number of aliphatic hydroxyl groups is 6. The Balaban J connectivity index is 0.000000372. The molecular formula is C76H79F13N10O24. The first kappa shape index (κ1) is 104. The molecule has 2 heterocycles. The molecule has 0 spiro atoms. The number of hydrogen-bond acceptors (Lipinski definition) is 26. The molecule has 0 amide bonds. The molecule has 668 valence electrons. The molecule has 123 heavy (non-hydrogen) atoms. The predicted molar refractivity (Wildman–Crippen MR) is 406 cm³/mol. The predicted octanol–water partition coefficient (Wildman–Crippen LogP) is 13.5. The van der Waals surface area contributed by atoms with Crippen LogP contribution in [0.25, 0.3) is 0 Å². The normalized spacial score (nSPS) is 15.0. The van der Waals surface area contributed by atoms with Crippen molar-refractivity contribution in [1.29, 1.82) is 0 Å². The van der Waals surface area contributed by atoms with E-state index < -0.39 is 172 Å². The fourth-order valence-corrected chi connectivity index (χ4v) is 10.1. The Morgan fingerprint density at radius 3 is 1.09 bits per heavy atom. The highest BCUT2D eigenvalue weighted by Gasteiger charge is 2.57. The van der Waals surface area contributed by atoms with Crippen LogP contribution in [-0.4, -0.2) is 192 Å². The van der Waals surface area contributed by atoms with Gasteiger partial charge in [0, 0.05) is 155 Å². The van der Waals surface area contributed by atoms with Gasteiger partial charge in [-0.3, -0.25) is 89.6 Å². The fourth-order valence-electron chi connectivity index (χ4n) is 10.1. The summed E-state index contributed by atoms with van der Waals surface area (Å²) in [5.74, 6) is -6.29. The molecular weight excluding hydrogens is 1680 g/mol. The standard InChI is InChI=1S/C12H10F5NO3.C12H13FN4O3.C11H10F3NO3.C11H12FNO5.C11H12FNO3.C10H12FNO4.C9H10FNO3/c13-11(14,12(15,16)17)6-5-10(19)7-8-1-3-9(4-2-8)18(20)21;13-6-12(8-18)16-7-10(14-15-16)5-9-1-3-11(4-2-9)17(19)20;12-11(13,14)6-5-10(16)7-8-1-3-9(4-2-8)15(17)18;12-5-8-9(14)10(15)11(18-8)6-1-3-7(4-2-6)13(16)17;12-7-1-2-11(14)8-9-3-5-10(6-4-9)13(15)16;11-6-10(14)9(13)5-7-1-3-8(4-2-7)12(15)16;10-6-9(12)5-7-1-3-8(4-2-7)11(13)14/h1-4H,5-7H2;1-4,7,12,18H,5-6,8H2;1-4H,5-7H2;1-4,8-11,14-15H,5H2;3-6H,1-2,7-8H2;1-4,9-10,13-14H,5-6H2;1-4,9,12H,5-6H2. The third-order valence-corrected chi connectivity index (χ3v) is 16.8. The van der Waals surface area contributed by atoms with Crippen molar-refractivity contribution in [2.45, 2.75) is 144 Å². The van der Waals surface area contributed by atoms with Gasteiger partial charge in [0.05, 0.1) is 72.1 Å². The summed E-state index contributed by atoms with van der Waals surface area (Å²) in [6, 6.07) is 37.6. The van der Waals surface area contributed by atoms with Crippen molar-refractivity contribution in [3.8, 4) is 0 Å². The number of nitro benzene ring substituents is 7. The van der Waals surface area contributed by atoms with E-state index in [1.165, 1.54) is 138 Å². The number of ether oxygens (including phenoxy) is 1. The van der Waals surface area contributed by atoms with E-state index in [0.717, 1.165) is 23.3 Å². The van der Waals surface area contributed by atoms with Gasteiger partial charge in [0.2, 0.25) is 0 Å². The second-order valence-corrected chi connectivity index (χ2v) is 26.2. The zero-order valence-corrected chi connectivity index (χ0v) is 64.0. The summed E-state index contributed by atoms with van der Waals surface area (Å²) in [5.41, 5.74) is 4.21. The number of aromatic nitrogens is 3. The zero-order valence-electron chi connectivity index (χ0n) is 64.0. The molecule has 0 saturated carbocycles. The van der Waals surface area contributed by atoms with Crippen LogP contribution < -0.4 is 0 Å². The lowest BCUT2D eigenvalue weighted by atomic mass is 10.0. The third kappa shape index (κ3) is 38.3. The third-order valence-electron chi connectivity index (χ3n) is 16.8. The number of rotatable bonds is 35. The molecule has 34 nitrogen and oxygen atoms in total. The molecule has 8 aromatic rings. The number of benzene rings is 7. The van der Waals surface area contributed by atoms with Crippen molar-refractivity contribution in [1.82, 2.24) is 15.0 Å². The van der Waals surface area contributed by atoms with Gasteiger partial charge < -0.3 is 35.4 Å². The topological polar surface area (TPSA) is 515 Å².